The van der Waals surface area contributed by atoms with Gasteiger partial charge in [-0.3, -0.25) is 4.79 Å². The number of hydrogen-bond donors (Lipinski definition) is 1. The fourth-order valence-electron chi connectivity index (χ4n) is 2.75. The Hall–Kier alpha value is -1.35. The van der Waals surface area contributed by atoms with E-state index in [0.29, 0.717) is 6.42 Å². The molecule has 1 aliphatic rings. The Bertz CT molecular complexity index is 419. The standard InChI is InChI=1S/C17H26N2O/c1-3-17(20)15-4-6-16(7-5-15)18-11-8-14-9-12-19(2)13-10-14/h4-7,14,18H,3,8-13H2,1-2H3. The molecular formula is C17H26N2O. The third-order valence-electron chi connectivity index (χ3n) is 4.25. The zero-order valence-electron chi connectivity index (χ0n) is 12.7. The van der Waals surface area contributed by atoms with Crippen LogP contribution >= 0.6 is 0 Å². The second kappa shape index (κ2) is 7.44. The molecule has 20 heavy (non-hydrogen) atoms. The van der Waals surface area contributed by atoms with E-state index in [9.17, 15) is 4.79 Å². The van der Waals surface area contributed by atoms with Gasteiger partial charge in [-0.15, -0.1) is 0 Å². The van der Waals surface area contributed by atoms with Crippen LogP contribution in [0.4, 0.5) is 5.69 Å². The first-order chi connectivity index (χ1) is 9.69. The van der Waals surface area contributed by atoms with Gasteiger partial charge in [-0.2, -0.15) is 0 Å². The van der Waals surface area contributed by atoms with Gasteiger partial charge >= 0.3 is 0 Å². The monoisotopic (exact) mass is 274 g/mol. The van der Waals surface area contributed by atoms with E-state index >= 15 is 0 Å². The van der Waals surface area contributed by atoms with Crippen LogP contribution in [0.15, 0.2) is 24.3 Å². The Morgan fingerprint density at radius 1 is 1.25 bits per heavy atom. The highest BCUT2D eigenvalue weighted by Gasteiger charge is 2.15. The summed E-state index contributed by atoms with van der Waals surface area (Å²) in [6.45, 7) is 5.39. The van der Waals surface area contributed by atoms with Crippen LogP contribution in [0.5, 0.6) is 0 Å². The average molecular weight is 274 g/mol. The number of carbonyl (C=O) groups excluding carboxylic acids is 1. The van der Waals surface area contributed by atoms with E-state index < -0.39 is 0 Å². The largest absolute Gasteiger partial charge is 0.385 e. The summed E-state index contributed by atoms with van der Waals surface area (Å²) in [6.07, 6.45) is 4.45. The maximum Gasteiger partial charge on any atom is 0.162 e. The van der Waals surface area contributed by atoms with Crippen molar-refractivity contribution in [3.8, 4) is 0 Å². The second-order valence-electron chi connectivity index (χ2n) is 5.82. The smallest absolute Gasteiger partial charge is 0.162 e. The molecule has 0 unspecified atom stereocenters. The van der Waals surface area contributed by atoms with Crippen molar-refractivity contribution >= 4 is 11.5 Å². The molecule has 1 aromatic rings. The summed E-state index contributed by atoms with van der Waals surface area (Å²) in [4.78, 5) is 14.0. The minimum absolute atomic E-state index is 0.211. The van der Waals surface area contributed by atoms with Gasteiger partial charge in [0.1, 0.15) is 0 Å². The summed E-state index contributed by atoms with van der Waals surface area (Å²) in [6, 6.07) is 7.86. The molecule has 1 fully saturated rings. The number of Topliss-reactive ketones (excluding diaryl/α,β-unsaturated/α-hetero) is 1. The van der Waals surface area contributed by atoms with Gasteiger partial charge in [-0.25, -0.2) is 0 Å². The summed E-state index contributed by atoms with van der Waals surface area (Å²) in [5.41, 5.74) is 1.93. The van der Waals surface area contributed by atoms with Gasteiger partial charge in [0.2, 0.25) is 0 Å². The maximum absolute atomic E-state index is 11.5. The third-order valence-corrected chi connectivity index (χ3v) is 4.25. The van der Waals surface area contributed by atoms with Gasteiger partial charge in [0, 0.05) is 24.2 Å². The minimum Gasteiger partial charge on any atom is -0.385 e. The molecule has 1 saturated heterocycles. The highest BCUT2D eigenvalue weighted by atomic mass is 16.1. The van der Waals surface area contributed by atoms with Crippen molar-refractivity contribution in [2.24, 2.45) is 5.92 Å². The van der Waals surface area contributed by atoms with Crippen LogP contribution in [0.2, 0.25) is 0 Å². The third kappa shape index (κ3) is 4.34. The van der Waals surface area contributed by atoms with Crippen LogP contribution in [0, 0.1) is 5.92 Å². The molecule has 1 N–H and O–H groups in total. The molecule has 0 radical (unpaired) electrons. The highest BCUT2D eigenvalue weighted by molar-refractivity contribution is 5.96. The maximum atomic E-state index is 11.5. The molecule has 0 bridgehead atoms. The van der Waals surface area contributed by atoms with E-state index in [1.165, 1.54) is 32.4 Å². The van der Waals surface area contributed by atoms with Gasteiger partial charge in [-0.05, 0) is 69.6 Å². The van der Waals surface area contributed by atoms with Crippen molar-refractivity contribution in [1.82, 2.24) is 4.90 Å². The van der Waals surface area contributed by atoms with Crippen LogP contribution in [0.3, 0.4) is 0 Å². The zero-order chi connectivity index (χ0) is 14.4. The Morgan fingerprint density at radius 3 is 2.50 bits per heavy atom. The van der Waals surface area contributed by atoms with Crippen LogP contribution in [-0.4, -0.2) is 37.4 Å². The number of carbonyl (C=O) groups is 1. The van der Waals surface area contributed by atoms with E-state index in [4.69, 9.17) is 0 Å². The Balaban J connectivity index is 1.73. The second-order valence-corrected chi connectivity index (χ2v) is 5.82. The highest BCUT2D eigenvalue weighted by Crippen LogP contribution is 2.19. The Labute approximate surface area is 122 Å². The summed E-state index contributed by atoms with van der Waals surface area (Å²) in [5.74, 6) is 1.07. The molecular weight excluding hydrogens is 248 g/mol. The van der Waals surface area contributed by atoms with Crippen LogP contribution < -0.4 is 5.32 Å². The van der Waals surface area contributed by atoms with Crippen LogP contribution in [-0.2, 0) is 0 Å². The first-order valence-electron chi connectivity index (χ1n) is 7.74. The van der Waals surface area contributed by atoms with E-state index in [0.717, 1.165) is 23.7 Å². The van der Waals surface area contributed by atoms with Gasteiger partial charge in [0.05, 0.1) is 0 Å². The molecule has 3 nitrogen and oxygen atoms in total. The molecule has 0 spiro atoms. The molecule has 0 saturated carbocycles. The lowest BCUT2D eigenvalue weighted by molar-refractivity contribution is 0.0988. The lowest BCUT2D eigenvalue weighted by Gasteiger charge is -2.29. The predicted molar refractivity (Wildman–Crippen MR) is 84.4 cm³/mol. The number of likely N-dealkylation sites (tertiary alicyclic amines) is 1. The number of nitrogens with zero attached hydrogens (tertiary/aromatic N) is 1. The van der Waals surface area contributed by atoms with E-state index in [1.807, 2.05) is 31.2 Å². The lowest BCUT2D eigenvalue weighted by atomic mass is 9.94. The fraction of sp³-hybridized carbons (Fsp3) is 0.588. The molecule has 1 aliphatic heterocycles. The number of benzene rings is 1. The first-order valence-corrected chi connectivity index (χ1v) is 7.74. The van der Waals surface area contributed by atoms with Crippen LogP contribution in [0.25, 0.3) is 0 Å². The molecule has 0 atom stereocenters. The molecule has 0 amide bonds. The molecule has 0 aromatic heterocycles. The minimum atomic E-state index is 0.211. The molecule has 3 heteroatoms. The average Bonchev–Trinajstić information content (AvgIpc) is 2.49. The van der Waals surface area contributed by atoms with Crippen molar-refractivity contribution in [2.45, 2.75) is 32.6 Å². The summed E-state index contributed by atoms with van der Waals surface area (Å²) in [5, 5.41) is 3.46. The number of nitrogens with one attached hydrogen (secondary N) is 1. The number of hydrogen-bond acceptors (Lipinski definition) is 3. The topological polar surface area (TPSA) is 32.3 Å². The van der Waals surface area contributed by atoms with Crippen molar-refractivity contribution in [2.75, 3.05) is 32.0 Å². The molecule has 1 aromatic carbocycles. The van der Waals surface area contributed by atoms with Crippen molar-refractivity contribution in [1.29, 1.82) is 0 Å². The lowest BCUT2D eigenvalue weighted by Crippen LogP contribution is -2.30. The number of piperidine rings is 1. The number of rotatable bonds is 6. The quantitative estimate of drug-likeness (QED) is 0.807. The Kier molecular flexibility index (Phi) is 5.60. The van der Waals surface area contributed by atoms with Gasteiger partial charge < -0.3 is 10.2 Å². The van der Waals surface area contributed by atoms with E-state index in [-0.39, 0.29) is 5.78 Å². The fourth-order valence-corrected chi connectivity index (χ4v) is 2.75. The molecule has 110 valence electrons. The summed E-state index contributed by atoms with van der Waals surface area (Å²) >= 11 is 0. The van der Waals surface area contributed by atoms with E-state index in [2.05, 4.69) is 17.3 Å². The molecule has 0 aliphatic carbocycles. The normalized spacial score (nSPS) is 17.1. The van der Waals surface area contributed by atoms with Crippen molar-refractivity contribution < 1.29 is 4.79 Å². The number of anilines is 1. The Morgan fingerprint density at radius 2 is 1.90 bits per heavy atom. The van der Waals surface area contributed by atoms with Crippen LogP contribution in [0.1, 0.15) is 43.0 Å². The SMILES string of the molecule is CCC(=O)c1ccc(NCCC2CCN(C)CC2)cc1. The first kappa shape index (κ1) is 15.0. The summed E-state index contributed by atoms with van der Waals surface area (Å²) in [7, 11) is 2.20. The van der Waals surface area contributed by atoms with Gasteiger partial charge in [0.15, 0.2) is 5.78 Å². The van der Waals surface area contributed by atoms with E-state index in [1.54, 1.807) is 0 Å². The summed E-state index contributed by atoms with van der Waals surface area (Å²) < 4.78 is 0. The van der Waals surface area contributed by atoms with Crippen molar-refractivity contribution in [3.63, 3.8) is 0 Å². The molecule has 1 heterocycles. The predicted octanol–water partition coefficient (Wildman–Crippen LogP) is 3.42. The van der Waals surface area contributed by atoms with Gasteiger partial charge in [0.25, 0.3) is 0 Å². The van der Waals surface area contributed by atoms with Crippen molar-refractivity contribution in [3.05, 3.63) is 29.8 Å². The number of ketones is 1. The zero-order valence-corrected chi connectivity index (χ0v) is 12.7. The molecule has 2 rings (SSSR count). The van der Waals surface area contributed by atoms with Gasteiger partial charge in [-0.1, -0.05) is 6.92 Å².